The van der Waals surface area contributed by atoms with E-state index in [4.69, 9.17) is 5.73 Å². The minimum absolute atomic E-state index is 0.108. The maximum absolute atomic E-state index is 5.58. The Bertz CT molecular complexity index is 553. The Hall–Kier alpha value is -0.920. The predicted molar refractivity (Wildman–Crippen MR) is 79.3 cm³/mol. The zero-order chi connectivity index (χ0) is 14.0. The fraction of sp³-hybridized carbons (Fsp3) is 0.583. The Labute approximate surface area is 121 Å². The van der Waals surface area contributed by atoms with Crippen LogP contribution >= 0.6 is 23.1 Å². The van der Waals surface area contributed by atoms with Crippen LogP contribution in [0, 0.1) is 0 Å². The Morgan fingerprint density at radius 2 is 2.11 bits per heavy atom. The molecule has 0 unspecified atom stereocenters. The van der Waals surface area contributed by atoms with E-state index in [1.54, 1.807) is 23.1 Å². The molecule has 19 heavy (non-hydrogen) atoms. The Morgan fingerprint density at radius 3 is 2.63 bits per heavy atom. The van der Waals surface area contributed by atoms with Gasteiger partial charge in [0.2, 0.25) is 0 Å². The summed E-state index contributed by atoms with van der Waals surface area (Å²) in [6.07, 6.45) is 0. The van der Waals surface area contributed by atoms with Crippen molar-refractivity contribution in [3.63, 3.8) is 0 Å². The standard InChI is InChI=1S/C12H19N5S2/c1-12(2,3)8-6-18-10(14-8)7-19-11-16-15-9(5-13)17(11)4/h6H,5,7,13H2,1-4H3. The van der Waals surface area contributed by atoms with Crippen molar-refractivity contribution in [1.82, 2.24) is 19.7 Å². The van der Waals surface area contributed by atoms with Crippen molar-refractivity contribution in [3.8, 4) is 0 Å². The van der Waals surface area contributed by atoms with Crippen LogP contribution in [0.15, 0.2) is 10.5 Å². The number of hydrogen-bond acceptors (Lipinski definition) is 6. The molecule has 0 spiro atoms. The summed E-state index contributed by atoms with van der Waals surface area (Å²) in [6, 6.07) is 0. The zero-order valence-corrected chi connectivity index (χ0v) is 13.3. The van der Waals surface area contributed by atoms with Gasteiger partial charge in [-0.15, -0.1) is 21.5 Å². The molecule has 0 amide bonds. The number of rotatable bonds is 4. The van der Waals surface area contributed by atoms with Gasteiger partial charge >= 0.3 is 0 Å². The minimum atomic E-state index is 0.108. The van der Waals surface area contributed by atoms with Crippen LogP contribution < -0.4 is 5.73 Å². The predicted octanol–water partition coefficient (Wildman–Crippen LogP) is 2.32. The number of nitrogens with zero attached hydrogens (tertiary/aromatic N) is 4. The van der Waals surface area contributed by atoms with Crippen molar-refractivity contribution in [2.45, 2.75) is 43.6 Å². The van der Waals surface area contributed by atoms with E-state index >= 15 is 0 Å². The molecule has 0 saturated heterocycles. The zero-order valence-electron chi connectivity index (χ0n) is 11.7. The third-order valence-corrected chi connectivity index (χ3v) is 4.82. The van der Waals surface area contributed by atoms with Gasteiger partial charge in [-0.05, 0) is 0 Å². The van der Waals surface area contributed by atoms with Crippen molar-refractivity contribution in [1.29, 1.82) is 0 Å². The van der Waals surface area contributed by atoms with E-state index in [1.807, 2.05) is 11.6 Å². The van der Waals surface area contributed by atoms with Gasteiger partial charge in [-0.2, -0.15) is 0 Å². The molecular weight excluding hydrogens is 278 g/mol. The van der Waals surface area contributed by atoms with Crippen molar-refractivity contribution in [3.05, 3.63) is 21.9 Å². The fourth-order valence-electron chi connectivity index (χ4n) is 1.50. The summed E-state index contributed by atoms with van der Waals surface area (Å²) in [5.74, 6) is 1.62. The third-order valence-electron chi connectivity index (χ3n) is 2.75. The lowest BCUT2D eigenvalue weighted by Gasteiger charge is -2.14. The van der Waals surface area contributed by atoms with E-state index in [-0.39, 0.29) is 5.41 Å². The summed E-state index contributed by atoms with van der Waals surface area (Å²) in [5, 5.41) is 12.3. The maximum atomic E-state index is 5.58. The molecule has 2 N–H and O–H groups in total. The first-order valence-corrected chi connectivity index (χ1v) is 7.94. The Balaban J connectivity index is 2.02. The van der Waals surface area contributed by atoms with Gasteiger partial charge in [-0.3, -0.25) is 0 Å². The number of thioether (sulfide) groups is 1. The fourth-order valence-corrected chi connectivity index (χ4v) is 3.47. The molecule has 2 aromatic rings. The molecular formula is C12H19N5S2. The molecule has 0 bridgehead atoms. The number of nitrogens with two attached hydrogens (primary N) is 1. The molecule has 5 nitrogen and oxygen atoms in total. The largest absolute Gasteiger partial charge is 0.324 e. The molecule has 104 valence electrons. The topological polar surface area (TPSA) is 69.6 Å². The first kappa shape index (κ1) is 14.5. The molecule has 0 atom stereocenters. The van der Waals surface area contributed by atoms with E-state index < -0.39 is 0 Å². The van der Waals surface area contributed by atoms with Gasteiger partial charge < -0.3 is 10.3 Å². The highest BCUT2D eigenvalue weighted by Crippen LogP contribution is 2.27. The van der Waals surface area contributed by atoms with Crippen LogP contribution in [0.5, 0.6) is 0 Å². The van der Waals surface area contributed by atoms with E-state index in [0.29, 0.717) is 6.54 Å². The van der Waals surface area contributed by atoms with Crippen LogP contribution in [0.2, 0.25) is 0 Å². The second-order valence-electron chi connectivity index (χ2n) is 5.33. The van der Waals surface area contributed by atoms with E-state index in [2.05, 4.69) is 41.3 Å². The maximum Gasteiger partial charge on any atom is 0.191 e. The van der Waals surface area contributed by atoms with Crippen molar-refractivity contribution >= 4 is 23.1 Å². The highest BCUT2D eigenvalue weighted by molar-refractivity contribution is 7.98. The molecule has 2 aromatic heterocycles. The van der Waals surface area contributed by atoms with Gasteiger partial charge in [-0.1, -0.05) is 32.5 Å². The first-order valence-electron chi connectivity index (χ1n) is 6.08. The van der Waals surface area contributed by atoms with Gasteiger partial charge in [0.25, 0.3) is 0 Å². The molecule has 0 aliphatic heterocycles. The lowest BCUT2D eigenvalue weighted by Crippen LogP contribution is -2.11. The highest BCUT2D eigenvalue weighted by atomic mass is 32.2. The summed E-state index contributed by atoms with van der Waals surface area (Å²) in [4.78, 5) is 4.67. The number of hydrogen-bond donors (Lipinski definition) is 1. The Kier molecular flexibility index (Phi) is 4.27. The monoisotopic (exact) mass is 297 g/mol. The quantitative estimate of drug-likeness (QED) is 0.877. The van der Waals surface area contributed by atoms with Crippen LogP contribution in [0.1, 0.15) is 37.3 Å². The summed E-state index contributed by atoms with van der Waals surface area (Å²) in [6.45, 7) is 6.94. The van der Waals surface area contributed by atoms with E-state index in [9.17, 15) is 0 Å². The molecule has 7 heteroatoms. The summed E-state index contributed by atoms with van der Waals surface area (Å²) < 4.78 is 1.93. The minimum Gasteiger partial charge on any atom is -0.324 e. The summed E-state index contributed by atoms with van der Waals surface area (Å²) in [5.41, 5.74) is 6.83. The molecule has 0 fully saturated rings. The molecule has 0 saturated carbocycles. The van der Waals surface area contributed by atoms with Crippen LogP contribution in [0.3, 0.4) is 0 Å². The van der Waals surface area contributed by atoms with Crippen molar-refractivity contribution < 1.29 is 0 Å². The van der Waals surface area contributed by atoms with Crippen LogP contribution in [-0.2, 0) is 24.8 Å². The van der Waals surface area contributed by atoms with E-state index in [0.717, 1.165) is 27.4 Å². The third kappa shape index (κ3) is 3.34. The average molecular weight is 297 g/mol. The van der Waals surface area contributed by atoms with Gasteiger partial charge in [-0.25, -0.2) is 4.98 Å². The first-order chi connectivity index (χ1) is 8.91. The second kappa shape index (κ2) is 5.60. The van der Waals surface area contributed by atoms with Gasteiger partial charge in [0.15, 0.2) is 5.16 Å². The molecule has 0 aromatic carbocycles. The highest BCUT2D eigenvalue weighted by Gasteiger charge is 2.17. The van der Waals surface area contributed by atoms with Gasteiger partial charge in [0, 0.05) is 17.8 Å². The number of aromatic nitrogens is 4. The molecule has 2 heterocycles. The lowest BCUT2D eigenvalue weighted by molar-refractivity contribution is 0.571. The summed E-state index contributed by atoms with van der Waals surface area (Å²) >= 11 is 3.34. The van der Waals surface area contributed by atoms with Crippen LogP contribution in [0.4, 0.5) is 0 Å². The normalized spacial score (nSPS) is 12.1. The molecule has 0 aliphatic carbocycles. The van der Waals surface area contributed by atoms with Crippen LogP contribution in [-0.4, -0.2) is 19.7 Å². The molecule has 0 radical (unpaired) electrons. The van der Waals surface area contributed by atoms with Crippen molar-refractivity contribution in [2.75, 3.05) is 0 Å². The number of thiazole rings is 1. The van der Waals surface area contributed by atoms with Gasteiger partial charge in [0.05, 0.1) is 18.0 Å². The molecule has 0 aliphatic rings. The second-order valence-corrected chi connectivity index (χ2v) is 7.21. The van der Waals surface area contributed by atoms with Crippen molar-refractivity contribution in [2.24, 2.45) is 12.8 Å². The lowest BCUT2D eigenvalue weighted by atomic mass is 9.93. The smallest absolute Gasteiger partial charge is 0.191 e. The summed E-state index contributed by atoms with van der Waals surface area (Å²) in [7, 11) is 1.94. The Morgan fingerprint density at radius 1 is 1.37 bits per heavy atom. The van der Waals surface area contributed by atoms with Crippen LogP contribution in [0.25, 0.3) is 0 Å². The van der Waals surface area contributed by atoms with Gasteiger partial charge in [0.1, 0.15) is 10.8 Å². The SMILES string of the molecule is Cn1c(CN)nnc1SCc1nc(C(C)(C)C)cs1. The molecule has 2 rings (SSSR count). The van der Waals surface area contributed by atoms with E-state index in [1.165, 1.54) is 0 Å². The average Bonchev–Trinajstić information content (AvgIpc) is 2.93.